The van der Waals surface area contributed by atoms with Crippen molar-refractivity contribution < 1.29 is 32.0 Å². The minimum atomic E-state index is -3.01. The fraction of sp³-hybridized carbons (Fsp3) is 0.370. The zero-order valence-electron chi connectivity index (χ0n) is 22.1. The molecule has 1 atom stereocenters. The summed E-state index contributed by atoms with van der Waals surface area (Å²) in [4.78, 5) is 20.7. The van der Waals surface area contributed by atoms with Crippen LogP contribution in [-0.4, -0.2) is 45.3 Å². The number of benzene rings is 1. The first kappa shape index (κ1) is 28.2. The third-order valence-corrected chi connectivity index (χ3v) is 6.76. The normalized spacial score (nSPS) is 15.1. The second-order valence-electron chi connectivity index (χ2n) is 10.1. The first-order valence-electron chi connectivity index (χ1n) is 12.3. The van der Waals surface area contributed by atoms with E-state index in [1.54, 1.807) is 32.9 Å². The molecule has 0 fully saturated rings. The van der Waals surface area contributed by atoms with Crippen LogP contribution < -0.4 is 14.8 Å². The first-order valence-corrected chi connectivity index (χ1v) is 14.4. The van der Waals surface area contributed by atoms with Crippen molar-refractivity contribution in [3.63, 3.8) is 0 Å². The van der Waals surface area contributed by atoms with E-state index in [1.165, 1.54) is 30.5 Å². The average Bonchev–Trinajstić information content (AvgIpc) is 2.81. The topological polar surface area (TPSA) is 112 Å². The van der Waals surface area contributed by atoms with Gasteiger partial charge in [-0.3, -0.25) is 0 Å². The Kier molecular flexibility index (Phi) is 8.34. The highest BCUT2D eigenvalue weighted by molar-refractivity contribution is 7.92. The van der Waals surface area contributed by atoms with Gasteiger partial charge in [0.2, 0.25) is 5.88 Å². The molecule has 0 aliphatic carbocycles. The number of carbonyl (C=O) groups is 1. The van der Waals surface area contributed by atoms with Crippen molar-refractivity contribution in [1.82, 2.24) is 9.97 Å². The molecule has 1 amide bonds. The number of carbonyl (C=O) groups excluding carboxylic acids is 1. The van der Waals surface area contributed by atoms with Crippen LogP contribution in [0.25, 0.3) is 11.1 Å². The second-order valence-corrected chi connectivity index (χ2v) is 12.5. The average molecular weight is 561 g/mol. The summed E-state index contributed by atoms with van der Waals surface area (Å²) in [5.74, 6) is -0.377. The molecule has 4 rings (SSSR count). The van der Waals surface area contributed by atoms with Gasteiger partial charge in [-0.15, -0.1) is 4.36 Å². The predicted octanol–water partition coefficient (Wildman–Crippen LogP) is 6.25. The maximum absolute atomic E-state index is 14.7. The fourth-order valence-corrected chi connectivity index (χ4v) is 4.97. The minimum Gasteiger partial charge on any atom is -0.490 e. The van der Waals surface area contributed by atoms with Crippen molar-refractivity contribution in [1.29, 1.82) is 0 Å². The van der Waals surface area contributed by atoms with Crippen LogP contribution in [0.3, 0.4) is 0 Å². The standard InChI is InChI=1S/C27H30F2N4O5S/c1-27(2,3)38-26(34)33-39(4,35)16-17-11-24-31-23-14-19(21(29)15-30-23)18-7-8-20(28)22(13-18)36-9-5-6-10-37-25(12-17)32-24/h7-8,11-15H,5-6,9-10,16H2,1-4H3,(H,30,31,32). The van der Waals surface area contributed by atoms with Gasteiger partial charge in [0.1, 0.15) is 23.1 Å². The molecule has 2 aromatic heterocycles. The Morgan fingerprint density at radius 1 is 1.08 bits per heavy atom. The molecule has 1 aliphatic rings. The van der Waals surface area contributed by atoms with Crippen LogP contribution in [0.2, 0.25) is 0 Å². The van der Waals surface area contributed by atoms with Crippen LogP contribution in [-0.2, 0) is 20.2 Å². The number of anilines is 2. The van der Waals surface area contributed by atoms with E-state index in [-0.39, 0.29) is 35.4 Å². The van der Waals surface area contributed by atoms with Crippen LogP contribution >= 0.6 is 0 Å². The first-order chi connectivity index (χ1) is 18.4. The number of ether oxygens (including phenoxy) is 3. The van der Waals surface area contributed by atoms with E-state index in [0.717, 1.165) is 6.20 Å². The summed E-state index contributed by atoms with van der Waals surface area (Å²) in [5, 5.41) is 3.02. The lowest BCUT2D eigenvalue weighted by molar-refractivity contribution is 0.0607. The van der Waals surface area contributed by atoms with Gasteiger partial charge < -0.3 is 19.5 Å². The zero-order chi connectivity index (χ0) is 28.2. The number of hydrogen-bond acceptors (Lipinski definition) is 8. The van der Waals surface area contributed by atoms with Gasteiger partial charge in [-0.1, -0.05) is 6.07 Å². The van der Waals surface area contributed by atoms with Gasteiger partial charge in [-0.05, 0) is 69.0 Å². The Bertz CT molecular complexity index is 1500. The molecular weight excluding hydrogens is 530 g/mol. The smallest absolute Gasteiger partial charge is 0.442 e. The Labute approximate surface area is 226 Å². The monoisotopic (exact) mass is 560 g/mol. The van der Waals surface area contributed by atoms with Crippen molar-refractivity contribution in [2.24, 2.45) is 4.36 Å². The van der Waals surface area contributed by atoms with Crippen molar-refractivity contribution in [3.05, 3.63) is 59.8 Å². The number of amides is 1. The summed E-state index contributed by atoms with van der Waals surface area (Å²) in [6, 6.07) is 8.84. The molecule has 208 valence electrons. The SMILES string of the molecule is CC(C)(C)OC(=O)N=S(C)(=O)Cc1cc2nc(c1)OCCCCOc1cc(ccc1F)-c1cc(ncc1F)N2. The van der Waals surface area contributed by atoms with E-state index in [1.807, 2.05) is 0 Å². The zero-order valence-corrected chi connectivity index (χ0v) is 22.9. The Hall–Kier alpha value is -3.80. The molecule has 1 N–H and O–H groups in total. The number of hydrogen-bond donors (Lipinski definition) is 1. The summed E-state index contributed by atoms with van der Waals surface area (Å²) in [7, 11) is -3.01. The molecule has 0 radical (unpaired) electrons. The summed E-state index contributed by atoms with van der Waals surface area (Å²) in [5.41, 5.74) is 0.371. The van der Waals surface area contributed by atoms with Gasteiger partial charge in [0.25, 0.3) is 0 Å². The van der Waals surface area contributed by atoms with E-state index < -0.39 is 33.1 Å². The molecule has 0 spiro atoms. The van der Waals surface area contributed by atoms with E-state index in [4.69, 9.17) is 14.2 Å². The third-order valence-electron chi connectivity index (χ3n) is 5.36. The maximum atomic E-state index is 14.7. The lowest BCUT2D eigenvalue weighted by atomic mass is 10.1. The summed E-state index contributed by atoms with van der Waals surface area (Å²) < 4.78 is 62.5. The van der Waals surface area contributed by atoms with Crippen LogP contribution in [0.4, 0.5) is 25.2 Å². The number of fused-ring (bicyclic) bond motifs is 7. The van der Waals surface area contributed by atoms with Crippen LogP contribution in [0.1, 0.15) is 39.2 Å². The highest BCUT2D eigenvalue weighted by Crippen LogP contribution is 2.31. The molecule has 1 unspecified atom stereocenters. The number of nitrogens with one attached hydrogen (secondary N) is 1. The van der Waals surface area contributed by atoms with Gasteiger partial charge in [0.15, 0.2) is 11.6 Å². The number of rotatable bonds is 2. The Morgan fingerprint density at radius 2 is 1.82 bits per heavy atom. The van der Waals surface area contributed by atoms with E-state index >= 15 is 0 Å². The molecule has 9 nitrogen and oxygen atoms in total. The Morgan fingerprint density at radius 3 is 2.56 bits per heavy atom. The maximum Gasteiger partial charge on any atom is 0.442 e. The van der Waals surface area contributed by atoms with E-state index in [2.05, 4.69) is 19.6 Å². The van der Waals surface area contributed by atoms with Crippen molar-refractivity contribution in [2.75, 3.05) is 24.8 Å². The van der Waals surface area contributed by atoms with Crippen LogP contribution in [0, 0.1) is 11.6 Å². The second kappa shape index (κ2) is 11.5. The third kappa shape index (κ3) is 8.09. The van der Waals surface area contributed by atoms with E-state index in [0.29, 0.717) is 36.4 Å². The molecule has 1 aliphatic heterocycles. The summed E-state index contributed by atoms with van der Waals surface area (Å²) >= 11 is 0. The fourth-order valence-electron chi connectivity index (χ4n) is 3.76. The molecule has 6 bridgehead atoms. The summed E-state index contributed by atoms with van der Waals surface area (Å²) in [6.07, 6.45) is 2.66. The summed E-state index contributed by atoms with van der Waals surface area (Å²) in [6.45, 7) is 5.62. The predicted molar refractivity (Wildman–Crippen MR) is 144 cm³/mol. The van der Waals surface area contributed by atoms with Crippen LogP contribution in [0.15, 0.2) is 47.0 Å². The molecular formula is C27H30F2N4O5S. The quantitative estimate of drug-likeness (QED) is 0.392. The number of pyridine rings is 2. The van der Waals surface area contributed by atoms with Gasteiger partial charge in [-0.25, -0.2) is 22.8 Å². The molecule has 3 aromatic rings. The number of nitrogens with zero attached hydrogens (tertiary/aromatic N) is 3. The van der Waals surface area contributed by atoms with Crippen molar-refractivity contribution in [3.8, 4) is 22.8 Å². The van der Waals surface area contributed by atoms with Gasteiger partial charge in [0.05, 0.1) is 34.9 Å². The highest BCUT2D eigenvalue weighted by atomic mass is 32.2. The van der Waals surface area contributed by atoms with Gasteiger partial charge >= 0.3 is 6.09 Å². The van der Waals surface area contributed by atoms with Crippen LogP contribution in [0.5, 0.6) is 11.6 Å². The lowest BCUT2D eigenvalue weighted by Crippen LogP contribution is -2.22. The molecule has 39 heavy (non-hydrogen) atoms. The van der Waals surface area contributed by atoms with Gasteiger partial charge in [-0.2, -0.15) is 4.98 Å². The largest absolute Gasteiger partial charge is 0.490 e. The van der Waals surface area contributed by atoms with Crippen molar-refractivity contribution >= 4 is 27.5 Å². The molecule has 3 heterocycles. The van der Waals surface area contributed by atoms with E-state index in [9.17, 15) is 17.8 Å². The molecule has 0 saturated carbocycles. The molecule has 1 aromatic carbocycles. The minimum absolute atomic E-state index is 0.0303. The molecule has 0 saturated heterocycles. The number of halogens is 2. The Balaban J connectivity index is 1.69. The molecule has 12 heteroatoms. The van der Waals surface area contributed by atoms with Crippen molar-refractivity contribution in [2.45, 2.75) is 45.0 Å². The lowest BCUT2D eigenvalue weighted by Gasteiger charge is -2.17. The number of aromatic nitrogens is 2. The highest BCUT2D eigenvalue weighted by Gasteiger charge is 2.19. The van der Waals surface area contributed by atoms with Gasteiger partial charge in [0, 0.05) is 17.9 Å².